The number of amides is 1. The van der Waals surface area contributed by atoms with Gasteiger partial charge in [-0.15, -0.1) is 0 Å². The van der Waals surface area contributed by atoms with Crippen molar-refractivity contribution in [1.29, 1.82) is 0 Å². The standard InChI is InChI=1S/C21H20ClNO4/c1-3-5-14-10-20(24)27-19-12-17(8-9-18(14)19)26-13(2)21(25)23-16-7-4-6-15(22)11-16/h4,6-13H,3,5H2,1-2H3,(H,23,25)/t13-/m0/s1. The summed E-state index contributed by atoms with van der Waals surface area (Å²) < 4.78 is 11.0. The fourth-order valence-electron chi connectivity index (χ4n) is 2.83. The molecule has 1 N–H and O–H groups in total. The molecule has 0 fully saturated rings. The average molecular weight is 386 g/mol. The molecule has 0 aliphatic carbocycles. The summed E-state index contributed by atoms with van der Waals surface area (Å²) in [5.74, 6) is 0.145. The fraction of sp³-hybridized carbons (Fsp3) is 0.238. The van der Waals surface area contributed by atoms with Gasteiger partial charge < -0.3 is 14.5 Å². The summed E-state index contributed by atoms with van der Waals surface area (Å²) in [6.45, 7) is 3.70. The fourth-order valence-corrected chi connectivity index (χ4v) is 3.02. The van der Waals surface area contributed by atoms with E-state index in [0.29, 0.717) is 22.0 Å². The quantitative estimate of drug-likeness (QED) is 0.618. The van der Waals surface area contributed by atoms with Crippen LogP contribution >= 0.6 is 11.6 Å². The Morgan fingerprint density at radius 3 is 2.78 bits per heavy atom. The lowest BCUT2D eigenvalue weighted by Crippen LogP contribution is -2.30. The molecule has 1 amide bonds. The number of carbonyl (C=O) groups is 1. The maximum Gasteiger partial charge on any atom is 0.336 e. The minimum absolute atomic E-state index is 0.307. The Morgan fingerprint density at radius 2 is 2.04 bits per heavy atom. The van der Waals surface area contributed by atoms with Gasteiger partial charge in [0.05, 0.1) is 0 Å². The summed E-state index contributed by atoms with van der Waals surface area (Å²) in [7, 11) is 0. The first-order valence-corrected chi connectivity index (χ1v) is 9.14. The Bertz CT molecular complexity index is 1030. The predicted octanol–water partition coefficient (Wildman–Crippen LogP) is 4.80. The third-order valence-corrected chi connectivity index (χ3v) is 4.33. The number of nitrogens with one attached hydrogen (secondary N) is 1. The maximum absolute atomic E-state index is 12.3. The molecule has 3 aromatic rings. The van der Waals surface area contributed by atoms with E-state index in [1.54, 1.807) is 43.3 Å². The molecule has 0 unspecified atom stereocenters. The Morgan fingerprint density at radius 1 is 1.22 bits per heavy atom. The Kier molecular flexibility index (Phi) is 5.81. The molecule has 5 nitrogen and oxygen atoms in total. The molecular formula is C21H20ClNO4. The van der Waals surface area contributed by atoms with Crippen LogP contribution in [-0.4, -0.2) is 12.0 Å². The van der Waals surface area contributed by atoms with E-state index in [0.717, 1.165) is 23.8 Å². The predicted molar refractivity (Wildman–Crippen MR) is 107 cm³/mol. The molecule has 2 aromatic carbocycles. The van der Waals surface area contributed by atoms with Crippen molar-refractivity contribution in [2.45, 2.75) is 32.8 Å². The van der Waals surface area contributed by atoms with Crippen molar-refractivity contribution in [2.24, 2.45) is 0 Å². The number of benzene rings is 2. The molecule has 0 radical (unpaired) electrons. The number of rotatable bonds is 6. The summed E-state index contributed by atoms with van der Waals surface area (Å²) in [6, 6.07) is 13.7. The van der Waals surface area contributed by atoms with Crippen LogP contribution in [0.1, 0.15) is 25.8 Å². The van der Waals surface area contributed by atoms with Gasteiger partial charge >= 0.3 is 5.63 Å². The highest BCUT2D eigenvalue weighted by atomic mass is 35.5. The van der Waals surface area contributed by atoms with Crippen LogP contribution in [0.3, 0.4) is 0 Å². The van der Waals surface area contributed by atoms with E-state index in [2.05, 4.69) is 12.2 Å². The van der Waals surface area contributed by atoms with E-state index in [1.807, 2.05) is 6.07 Å². The van der Waals surface area contributed by atoms with E-state index < -0.39 is 11.7 Å². The van der Waals surface area contributed by atoms with Crippen LogP contribution in [0.25, 0.3) is 11.0 Å². The van der Waals surface area contributed by atoms with Crippen LogP contribution in [0.2, 0.25) is 5.02 Å². The van der Waals surface area contributed by atoms with Crippen molar-refractivity contribution >= 4 is 34.2 Å². The zero-order valence-electron chi connectivity index (χ0n) is 15.1. The minimum atomic E-state index is -0.744. The van der Waals surface area contributed by atoms with Crippen molar-refractivity contribution in [3.8, 4) is 5.75 Å². The van der Waals surface area contributed by atoms with Crippen LogP contribution < -0.4 is 15.7 Å². The second kappa shape index (κ2) is 8.27. The maximum atomic E-state index is 12.3. The molecule has 6 heteroatoms. The highest BCUT2D eigenvalue weighted by Gasteiger charge is 2.16. The molecule has 0 saturated heterocycles. The van der Waals surface area contributed by atoms with Gasteiger partial charge in [0, 0.05) is 28.2 Å². The van der Waals surface area contributed by atoms with Crippen molar-refractivity contribution in [3.63, 3.8) is 0 Å². The summed E-state index contributed by atoms with van der Waals surface area (Å²) in [4.78, 5) is 24.1. The third kappa shape index (κ3) is 4.68. The van der Waals surface area contributed by atoms with Crippen LogP contribution in [-0.2, 0) is 11.2 Å². The first-order valence-electron chi connectivity index (χ1n) is 8.76. The third-order valence-electron chi connectivity index (χ3n) is 4.10. The molecule has 0 spiro atoms. The SMILES string of the molecule is CCCc1cc(=O)oc2cc(O[C@@H](C)C(=O)Nc3cccc(Cl)c3)ccc12. The van der Waals surface area contributed by atoms with Gasteiger partial charge in [0.15, 0.2) is 6.10 Å². The first-order chi connectivity index (χ1) is 13.0. The number of hydrogen-bond donors (Lipinski definition) is 1. The van der Waals surface area contributed by atoms with Gasteiger partial charge in [0.25, 0.3) is 5.91 Å². The van der Waals surface area contributed by atoms with E-state index in [1.165, 1.54) is 6.07 Å². The minimum Gasteiger partial charge on any atom is -0.481 e. The zero-order chi connectivity index (χ0) is 19.4. The lowest BCUT2D eigenvalue weighted by molar-refractivity contribution is -0.122. The number of hydrogen-bond acceptors (Lipinski definition) is 4. The number of halogens is 1. The molecule has 0 bridgehead atoms. The molecule has 0 aliphatic heterocycles. The molecule has 0 aliphatic rings. The Labute approximate surface area is 161 Å². The van der Waals surface area contributed by atoms with Crippen LogP contribution in [0.15, 0.2) is 57.7 Å². The van der Waals surface area contributed by atoms with Crippen LogP contribution in [0.5, 0.6) is 5.75 Å². The molecule has 3 rings (SSSR count). The highest BCUT2D eigenvalue weighted by molar-refractivity contribution is 6.30. The molecular weight excluding hydrogens is 366 g/mol. The van der Waals surface area contributed by atoms with Gasteiger partial charge in [0.1, 0.15) is 11.3 Å². The first kappa shape index (κ1) is 19.0. The molecule has 27 heavy (non-hydrogen) atoms. The van der Waals surface area contributed by atoms with E-state index >= 15 is 0 Å². The topological polar surface area (TPSA) is 68.5 Å². The van der Waals surface area contributed by atoms with Gasteiger partial charge in [-0.3, -0.25) is 4.79 Å². The summed E-state index contributed by atoms with van der Waals surface area (Å²) in [6.07, 6.45) is 0.977. The van der Waals surface area contributed by atoms with Gasteiger partial charge in [-0.2, -0.15) is 0 Å². The lowest BCUT2D eigenvalue weighted by atomic mass is 10.1. The van der Waals surface area contributed by atoms with Crippen molar-refractivity contribution in [2.75, 3.05) is 5.32 Å². The zero-order valence-corrected chi connectivity index (χ0v) is 15.9. The van der Waals surface area contributed by atoms with Gasteiger partial charge in [-0.05, 0) is 49.2 Å². The van der Waals surface area contributed by atoms with Crippen LogP contribution in [0, 0.1) is 0 Å². The van der Waals surface area contributed by atoms with Crippen molar-refractivity contribution in [3.05, 3.63) is 69.5 Å². The van der Waals surface area contributed by atoms with Gasteiger partial charge in [-0.25, -0.2) is 4.79 Å². The Balaban J connectivity index is 1.77. The summed E-state index contributed by atoms with van der Waals surface area (Å²) in [5, 5.41) is 4.16. The van der Waals surface area contributed by atoms with Gasteiger partial charge in [0.2, 0.25) is 0 Å². The van der Waals surface area contributed by atoms with E-state index in [4.69, 9.17) is 20.8 Å². The normalized spacial score (nSPS) is 12.0. The largest absolute Gasteiger partial charge is 0.481 e. The van der Waals surface area contributed by atoms with E-state index in [-0.39, 0.29) is 5.91 Å². The van der Waals surface area contributed by atoms with Crippen molar-refractivity contribution < 1.29 is 13.9 Å². The summed E-state index contributed by atoms with van der Waals surface area (Å²) in [5.41, 5.74) is 1.60. The number of carbonyl (C=O) groups excluding carboxylic acids is 1. The number of fused-ring (bicyclic) bond motifs is 1. The number of anilines is 1. The van der Waals surface area contributed by atoms with Gasteiger partial charge in [-0.1, -0.05) is 31.0 Å². The molecule has 0 saturated carbocycles. The van der Waals surface area contributed by atoms with E-state index in [9.17, 15) is 9.59 Å². The molecule has 140 valence electrons. The smallest absolute Gasteiger partial charge is 0.336 e. The van der Waals surface area contributed by atoms with Crippen LogP contribution in [0.4, 0.5) is 5.69 Å². The monoisotopic (exact) mass is 385 g/mol. The second-order valence-corrected chi connectivity index (χ2v) is 6.69. The highest BCUT2D eigenvalue weighted by Crippen LogP contribution is 2.24. The van der Waals surface area contributed by atoms with Crippen molar-refractivity contribution in [1.82, 2.24) is 0 Å². The lowest BCUT2D eigenvalue weighted by Gasteiger charge is -2.15. The molecule has 1 heterocycles. The Hall–Kier alpha value is -2.79. The molecule has 1 aromatic heterocycles. The second-order valence-electron chi connectivity index (χ2n) is 6.26. The average Bonchev–Trinajstić information content (AvgIpc) is 2.61. The molecule has 1 atom stereocenters. The summed E-state index contributed by atoms with van der Waals surface area (Å²) >= 11 is 5.92. The number of ether oxygens (including phenoxy) is 1. The number of aryl methyl sites for hydroxylation is 1.